The molecule has 1 rings (SSSR count). The molecule has 14 heavy (non-hydrogen) atoms. The van der Waals surface area contributed by atoms with Gasteiger partial charge in [0, 0.05) is 12.4 Å². The number of hydrogen-bond donors (Lipinski definition) is 1. The van der Waals surface area contributed by atoms with Crippen LogP contribution < -0.4 is 5.32 Å². The van der Waals surface area contributed by atoms with E-state index in [9.17, 15) is 4.39 Å². The lowest BCUT2D eigenvalue weighted by atomic mass is 10.5. The molecule has 0 radical (unpaired) electrons. The summed E-state index contributed by atoms with van der Waals surface area (Å²) in [5.74, 6) is 1.05. The zero-order valence-electron chi connectivity index (χ0n) is 7.76. The van der Waals surface area contributed by atoms with E-state index in [-0.39, 0.29) is 5.82 Å². The topological polar surface area (TPSA) is 37.8 Å². The number of thioether (sulfide) groups is 1. The third-order valence-corrected chi connectivity index (χ3v) is 2.31. The van der Waals surface area contributed by atoms with E-state index in [1.54, 1.807) is 0 Å². The lowest BCUT2D eigenvalue weighted by Crippen LogP contribution is -2.07. The van der Waals surface area contributed by atoms with Crippen molar-refractivity contribution in [2.24, 2.45) is 0 Å². The maximum absolute atomic E-state index is 13.1. The van der Waals surface area contributed by atoms with Crippen LogP contribution in [0.4, 0.5) is 10.2 Å². The van der Waals surface area contributed by atoms with Crippen molar-refractivity contribution in [2.45, 2.75) is 12.1 Å². The van der Waals surface area contributed by atoms with E-state index >= 15 is 0 Å². The molecule has 0 aliphatic rings. The Morgan fingerprint density at radius 3 is 3.07 bits per heavy atom. The van der Waals surface area contributed by atoms with E-state index in [0.29, 0.717) is 17.6 Å². The van der Waals surface area contributed by atoms with Gasteiger partial charge in [0.15, 0.2) is 16.8 Å². The zero-order chi connectivity index (χ0) is 10.4. The van der Waals surface area contributed by atoms with Crippen molar-refractivity contribution in [3.8, 4) is 0 Å². The van der Waals surface area contributed by atoms with E-state index in [1.165, 1.54) is 18.0 Å². The standard InChI is InChI=1S/C8H11ClFN3S/c1-2-14-8-12-5-6(10)7(13-8)11-4-3-9/h5H,2-4H2,1H3,(H,11,12,13). The maximum atomic E-state index is 13.1. The highest BCUT2D eigenvalue weighted by molar-refractivity contribution is 7.99. The number of anilines is 1. The minimum atomic E-state index is -0.449. The molecule has 1 N–H and O–H groups in total. The van der Waals surface area contributed by atoms with Crippen molar-refractivity contribution < 1.29 is 4.39 Å². The molecule has 0 aromatic carbocycles. The minimum Gasteiger partial charge on any atom is -0.366 e. The van der Waals surface area contributed by atoms with Gasteiger partial charge in [0.2, 0.25) is 0 Å². The monoisotopic (exact) mass is 235 g/mol. The van der Waals surface area contributed by atoms with Gasteiger partial charge in [-0.25, -0.2) is 14.4 Å². The number of aromatic nitrogens is 2. The van der Waals surface area contributed by atoms with Gasteiger partial charge < -0.3 is 5.32 Å². The average Bonchev–Trinajstić information content (AvgIpc) is 2.19. The number of halogens is 2. The summed E-state index contributed by atoms with van der Waals surface area (Å²) in [6.45, 7) is 2.48. The smallest absolute Gasteiger partial charge is 0.189 e. The quantitative estimate of drug-likeness (QED) is 0.483. The first-order valence-corrected chi connectivity index (χ1v) is 5.75. The predicted molar refractivity (Wildman–Crippen MR) is 57.6 cm³/mol. The Balaban J connectivity index is 2.74. The highest BCUT2D eigenvalue weighted by Gasteiger charge is 2.05. The summed E-state index contributed by atoms with van der Waals surface area (Å²) in [5.41, 5.74) is 0. The lowest BCUT2D eigenvalue weighted by molar-refractivity contribution is 0.609. The van der Waals surface area contributed by atoms with Crippen molar-refractivity contribution in [1.29, 1.82) is 0 Å². The fourth-order valence-electron chi connectivity index (χ4n) is 0.839. The molecule has 0 amide bonds. The molecule has 0 bridgehead atoms. The van der Waals surface area contributed by atoms with Gasteiger partial charge in [0.25, 0.3) is 0 Å². The lowest BCUT2D eigenvalue weighted by Gasteiger charge is -2.05. The SMILES string of the molecule is CCSc1ncc(F)c(NCCCl)n1. The molecule has 3 nitrogen and oxygen atoms in total. The highest BCUT2D eigenvalue weighted by Crippen LogP contribution is 2.16. The minimum absolute atomic E-state index is 0.219. The van der Waals surface area contributed by atoms with E-state index in [0.717, 1.165) is 5.75 Å². The Hall–Kier alpha value is -0.550. The second-order valence-electron chi connectivity index (χ2n) is 2.40. The summed E-state index contributed by atoms with van der Waals surface area (Å²) in [4.78, 5) is 7.85. The van der Waals surface area contributed by atoms with Crippen LogP contribution >= 0.6 is 23.4 Å². The fraction of sp³-hybridized carbons (Fsp3) is 0.500. The van der Waals surface area contributed by atoms with Gasteiger partial charge in [-0.1, -0.05) is 18.7 Å². The Morgan fingerprint density at radius 2 is 2.43 bits per heavy atom. The van der Waals surface area contributed by atoms with Crippen LogP contribution in [0.15, 0.2) is 11.4 Å². The Labute approximate surface area is 91.5 Å². The molecule has 78 valence electrons. The van der Waals surface area contributed by atoms with E-state index < -0.39 is 5.82 Å². The van der Waals surface area contributed by atoms with Crippen LogP contribution in [0.5, 0.6) is 0 Å². The molecule has 0 saturated carbocycles. The first-order valence-electron chi connectivity index (χ1n) is 4.23. The summed E-state index contributed by atoms with van der Waals surface area (Å²) in [7, 11) is 0. The van der Waals surface area contributed by atoms with Crippen LogP contribution in [0.25, 0.3) is 0 Å². The third-order valence-electron chi connectivity index (χ3n) is 1.38. The summed E-state index contributed by atoms with van der Waals surface area (Å²) in [6, 6.07) is 0. The number of hydrogen-bond acceptors (Lipinski definition) is 4. The summed E-state index contributed by atoms with van der Waals surface area (Å²) in [6.07, 6.45) is 1.17. The van der Waals surface area contributed by atoms with Crippen molar-refractivity contribution in [3.05, 3.63) is 12.0 Å². The molecule has 0 unspecified atom stereocenters. The maximum Gasteiger partial charge on any atom is 0.189 e. The van der Waals surface area contributed by atoms with Gasteiger partial charge in [0.05, 0.1) is 6.20 Å². The molecule has 6 heteroatoms. The summed E-state index contributed by atoms with van der Waals surface area (Å²) < 4.78 is 13.1. The zero-order valence-corrected chi connectivity index (χ0v) is 9.33. The molecule has 0 fully saturated rings. The second kappa shape index (κ2) is 6.03. The number of alkyl halides is 1. The van der Waals surface area contributed by atoms with E-state index in [1.807, 2.05) is 6.92 Å². The van der Waals surface area contributed by atoms with Crippen LogP contribution in [0.3, 0.4) is 0 Å². The highest BCUT2D eigenvalue weighted by atomic mass is 35.5. The summed E-state index contributed by atoms with van der Waals surface area (Å²) >= 11 is 6.94. The van der Waals surface area contributed by atoms with Crippen molar-refractivity contribution in [3.63, 3.8) is 0 Å². The van der Waals surface area contributed by atoms with Gasteiger partial charge >= 0.3 is 0 Å². The van der Waals surface area contributed by atoms with Crippen molar-refractivity contribution >= 4 is 29.2 Å². The molecule has 0 aliphatic heterocycles. The van der Waals surface area contributed by atoms with Crippen molar-refractivity contribution in [2.75, 3.05) is 23.5 Å². The first kappa shape index (κ1) is 11.5. The van der Waals surface area contributed by atoms with Crippen molar-refractivity contribution in [1.82, 2.24) is 9.97 Å². The molecule has 1 aromatic heterocycles. The first-order chi connectivity index (χ1) is 6.77. The molecule has 1 aromatic rings. The predicted octanol–water partition coefficient (Wildman–Crippen LogP) is 2.38. The average molecular weight is 236 g/mol. The van der Waals surface area contributed by atoms with Gasteiger partial charge in [-0.3, -0.25) is 0 Å². The molecule has 0 spiro atoms. The number of nitrogens with zero attached hydrogens (tertiary/aromatic N) is 2. The van der Waals surface area contributed by atoms with Gasteiger partial charge in [-0.15, -0.1) is 11.6 Å². The van der Waals surface area contributed by atoms with Crippen LogP contribution in [-0.4, -0.2) is 28.1 Å². The van der Waals surface area contributed by atoms with Crippen LogP contribution in [0.1, 0.15) is 6.92 Å². The van der Waals surface area contributed by atoms with E-state index in [4.69, 9.17) is 11.6 Å². The largest absolute Gasteiger partial charge is 0.366 e. The second-order valence-corrected chi connectivity index (χ2v) is 4.01. The van der Waals surface area contributed by atoms with Gasteiger partial charge in [-0.2, -0.15) is 0 Å². The molecular weight excluding hydrogens is 225 g/mol. The number of nitrogens with one attached hydrogen (secondary N) is 1. The van der Waals surface area contributed by atoms with Gasteiger partial charge in [0.1, 0.15) is 0 Å². The molecular formula is C8H11ClFN3S. The van der Waals surface area contributed by atoms with E-state index in [2.05, 4.69) is 15.3 Å². The molecule has 1 heterocycles. The Bertz CT molecular complexity index is 298. The van der Waals surface area contributed by atoms with Gasteiger partial charge in [-0.05, 0) is 5.75 Å². The molecule has 0 aliphatic carbocycles. The molecule has 0 atom stereocenters. The Morgan fingerprint density at radius 1 is 1.64 bits per heavy atom. The number of rotatable bonds is 5. The molecule has 0 saturated heterocycles. The van der Waals surface area contributed by atoms with Crippen LogP contribution in [-0.2, 0) is 0 Å². The summed E-state index contributed by atoms with van der Waals surface area (Å²) in [5, 5.41) is 3.36. The van der Waals surface area contributed by atoms with Crippen LogP contribution in [0, 0.1) is 5.82 Å². The van der Waals surface area contributed by atoms with Crippen LogP contribution in [0.2, 0.25) is 0 Å². The fourth-order valence-corrected chi connectivity index (χ4v) is 1.47. The third kappa shape index (κ3) is 3.31. The normalized spacial score (nSPS) is 10.2. The Kier molecular flexibility index (Phi) is 4.97.